The summed E-state index contributed by atoms with van der Waals surface area (Å²) in [6, 6.07) is 9.83. The Morgan fingerprint density at radius 1 is 1.03 bits per heavy atom. The van der Waals surface area contributed by atoms with Gasteiger partial charge in [0, 0.05) is 19.8 Å². The van der Waals surface area contributed by atoms with Crippen LogP contribution >= 0.6 is 11.6 Å². The minimum atomic E-state index is -3.92. The Kier molecular flexibility index (Phi) is 6.48. The summed E-state index contributed by atoms with van der Waals surface area (Å²) in [5.41, 5.74) is 2.11. The number of amides is 2. The Morgan fingerprint density at radius 3 is 2.26 bits per heavy atom. The molecule has 1 saturated carbocycles. The first-order valence-corrected chi connectivity index (χ1v) is 12.0. The van der Waals surface area contributed by atoms with Crippen molar-refractivity contribution in [2.75, 3.05) is 19.4 Å². The van der Waals surface area contributed by atoms with Crippen LogP contribution in [0.3, 0.4) is 0 Å². The number of aryl methyl sites for hydroxylation is 2. The topological polar surface area (TPSA) is 83.5 Å². The average Bonchev–Trinajstić information content (AvgIpc) is 3.21. The van der Waals surface area contributed by atoms with Gasteiger partial charge in [-0.1, -0.05) is 36.6 Å². The van der Waals surface area contributed by atoms with Crippen molar-refractivity contribution in [3.05, 3.63) is 58.1 Å². The molecule has 0 heterocycles. The molecule has 1 aliphatic rings. The van der Waals surface area contributed by atoms with Gasteiger partial charge < -0.3 is 10.2 Å². The zero-order chi connectivity index (χ0) is 23.0. The first-order valence-electron chi connectivity index (χ1n) is 10.1. The highest BCUT2D eigenvalue weighted by Gasteiger charge is 2.53. The molecule has 1 fully saturated rings. The van der Waals surface area contributed by atoms with Crippen molar-refractivity contribution in [1.82, 2.24) is 4.90 Å². The number of nitrogens with zero attached hydrogens (tertiary/aromatic N) is 1. The molecule has 2 aromatic rings. The molecule has 1 aliphatic carbocycles. The molecule has 3 rings (SSSR count). The van der Waals surface area contributed by atoms with Gasteiger partial charge in [-0.05, 0) is 62.1 Å². The van der Waals surface area contributed by atoms with E-state index in [4.69, 9.17) is 11.6 Å². The normalized spacial score (nSPS) is 15.5. The summed E-state index contributed by atoms with van der Waals surface area (Å²) >= 11 is 6.25. The lowest BCUT2D eigenvalue weighted by Gasteiger charge is -2.28. The third-order valence-corrected chi connectivity index (χ3v) is 8.79. The van der Waals surface area contributed by atoms with E-state index in [2.05, 4.69) is 5.32 Å². The van der Waals surface area contributed by atoms with Crippen LogP contribution in [-0.2, 0) is 14.6 Å². The monoisotopic (exact) mass is 462 g/mol. The van der Waals surface area contributed by atoms with Crippen LogP contribution < -0.4 is 5.32 Å². The third kappa shape index (κ3) is 4.21. The second-order valence-electron chi connectivity index (χ2n) is 8.32. The molecule has 1 N–H and O–H groups in total. The highest BCUT2D eigenvalue weighted by molar-refractivity contribution is 7.93. The van der Waals surface area contributed by atoms with Crippen LogP contribution in [0.2, 0.25) is 5.02 Å². The predicted molar refractivity (Wildman–Crippen MR) is 122 cm³/mol. The van der Waals surface area contributed by atoms with Gasteiger partial charge in [0.1, 0.15) is 0 Å². The van der Waals surface area contributed by atoms with Gasteiger partial charge in [0.15, 0.2) is 14.6 Å². The smallest absolute Gasteiger partial charge is 0.254 e. The van der Waals surface area contributed by atoms with Gasteiger partial charge in [-0.2, -0.15) is 0 Å². The van der Waals surface area contributed by atoms with Gasteiger partial charge in [-0.25, -0.2) is 8.42 Å². The molecule has 6 nitrogen and oxygen atoms in total. The second kappa shape index (κ2) is 8.63. The molecule has 2 aromatic carbocycles. The molecule has 0 unspecified atom stereocenters. The standard InChI is InChI=1S/C23H27ClN2O4S/c1-15-7-8-16(2)20(13-15)31(29,30)23(11-5-6-12-23)22(28)25-17-9-10-18(19(24)14-17)21(27)26(3)4/h7-10,13-14H,5-6,11-12H2,1-4H3,(H,25,28). The van der Waals surface area contributed by atoms with Crippen molar-refractivity contribution in [1.29, 1.82) is 0 Å². The molecule has 0 spiro atoms. The van der Waals surface area contributed by atoms with Crippen LogP contribution in [0.4, 0.5) is 5.69 Å². The summed E-state index contributed by atoms with van der Waals surface area (Å²) in [6.07, 6.45) is 1.85. The number of hydrogen-bond donors (Lipinski definition) is 1. The summed E-state index contributed by atoms with van der Waals surface area (Å²) in [6.45, 7) is 3.57. The van der Waals surface area contributed by atoms with Crippen LogP contribution in [0.1, 0.15) is 47.2 Å². The number of rotatable bonds is 5. The van der Waals surface area contributed by atoms with Gasteiger partial charge in [0.2, 0.25) is 5.91 Å². The lowest BCUT2D eigenvalue weighted by atomic mass is 10.1. The summed E-state index contributed by atoms with van der Waals surface area (Å²) in [7, 11) is -0.679. The zero-order valence-electron chi connectivity index (χ0n) is 18.2. The van der Waals surface area contributed by atoms with Gasteiger partial charge in [0.05, 0.1) is 15.5 Å². The van der Waals surface area contributed by atoms with Crippen LogP contribution in [0.5, 0.6) is 0 Å². The fraction of sp³-hybridized carbons (Fsp3) is 0.391. The van der Waals surface area contributed by atoms with E-state index < -0.39 is 20.5 Å². The van der Waals surface area contributed by atoms with Gasteiger partial charge in [-0.3, -0.25) is 9.59 Å². The van der Waals surface area contributed by atoms with Crippen molar-refractivity contribution in [2.24, 2.45) is 0 Å². The maximum Gasteiger partial charge on any atom is 0.254 e. The summed E-state index contributed by atoms with van der Waals surface area (Å²) in [4.78, 5) is 27.2. The van der Waals surface area contributed by atoms with Crippen LogP contribution in [0.25, 0.3) is 0 Å². The maximum atomic E-state index is 13.7. The average molecular weight is 463 g/mol. The second-order valence-corrected chi connectivity index (χ2v) is 11.0. The Morgan fingerprint density at radius 2 is 1.68 bits per heavy atom. The molecule has 2 amide bonds. The largest absolute Gasteiger partial charge is 0.345 e. The molecule has 166 valence electrons. The van der Waals surface area contributed by atoms with E-state index in [9.17, 15) is 18.0 Å². The fourth-order valence-electron chi connectivity index (χ4n) is 4.02. The number of benzene rings is 2. The van der Waals surface area contributed by atoms with Crippen LogP contribution in [0, 0.1) is 13.8 Å². The third-order valence-electron chi connectivity index (χ3n) is 5.84. The highest BCUT2D eigenvalue weighted by Crippen LogP contribution is 2.42. The number of hydrogen-bond acceptors (Lipinski definition) is 4. The fourth-order valence-corrected chi connectivity index (χ4v) is 6.66. The number of halogens is 1. The molecule has 0 aliphatic heterocycles. The molecule has 0 aromatic heterocycles. The number of nitrogens with one attached hydrogen (secondary N) is 1. The zero-order valence-corrected chi connectivity index (χ0v) is 19.7. The number of carbonyl (C=O) groups is 2. The van der Waals surface area contributed by atoms with E-state index in [1.54, 1.807) is 39.2 Å². The van der Waals surface area contributed by atoms with E-state index in [0.717, 1.165) is 5.56 Å². The predicted octanol–water partition coefficient (Wildman–Crippen LogP) is 4.38. The molecule has 8 heteroatoms. The molecule has 0 bridgehead atoms. The van der Waals surface area contributed by atoms with Gasteiger partial charge in [0.25, 0.3) is 5.91 Å². The Labute approximate surface area is 188 Å². The Hall–Kier alpha value is -2.38. The lowest BCUT2D eigenvalue weighted by molar-refractivity contribution is -0.118. The Balaban J connectivity index is 1.97. The van der Waals surface area contributed by atoms with E-state index in [0.29, 0.717) is 29.7 Å². The highest BCUT2D eigenvalue weighted by atomic mass is 35.5. The first kappa shape index (κ1) is 23.3. The summed E-state index contributed by atoms with van der Waals surface area (Å²) < 4.78 is 25.9. The van der Waals surface area contributed by atoms with Gasteiger partial charge >= 0.3 is 0 Å². The quantitative estimate of drug-likeness (QED) is 0.714. The van der Waals surface area contributed by atoms with Crippen molar-refractivity contribution in [3.63, 3.8) is 0 Å². The molecular formula is C23H27ClN2O4S. The minimum Gasteiger partial charge on any atom is -0.345 e. The minimum absolute atomic E-state index is 0.189. The van der Waals surface area contributed by atoms with E-state index in [1.165, 1.54) is 17.0 Å². The number of carbonyl (C=O) groups excluding carboxylic acids is 2. The molecule has 0 radical (unpaired) electrons. The van der Waals surface area contributed by atoms with Crippen molar-refractivity contribution in [3.8, 4) is 0 Å². The van der Waals surface area contributed by atoms with Crippen molar-refractivity contribution in [2.45, 2.75) is 49.2 Å². The summed E-state index contributed by atoms with van der Waals surface area (Å²) in [5, 5.41) is 2.93. The van der Waals surface area contributed by atoms with Crippen LogP contribution in [0.15, 0.2) is 41.3 Å². The SMILES string of the molecule is Cc1ccc(C)c(S(=O)(=O)C2(C(=O)Nc3ccc(C(=O)N(C)C)c(Cl)c3)CCCC2)c1. The van der Waals surface area contributed by atoms with Crippen LogP contribution in [-0.4, -0.2) is 44.0 Å². The van der Waals surface area contributed by atoms with Gasteiger partial charge in [-0.15, -0.1) is 0 Å². The lowest BCUT2D eigenvalue weighted by Crippen LogP contribution is -2.47. The molecular weight excluding hydrogens is 436 g/mol. The molecule has 31 heavy (non-hydrogen) atoms. The number of sulfone groups is 1. The van der Waals surface area contributed by atoms with Crippen molar-refractivity contribution >= 4 is 38.9 Å². The first-order chi connectivity index (χ1) is 14.5. The van der Waals surface area contributed by atoms with Crippen molar-refractivity contribution < 1.29 is 18.0 Å². The molecule has 0 atom stereocenters. The maximum absolute atomic E-state index is 13.7. The van der Waals surface area contributed by atoms with E-state index >= 15 is 0 Å². The molecule has 0 saturated heterocycles. The van der Waals surface area contributed by atoms with E-state index in [-0.39, 0.29) is 28.7 Å². The number of anilines is 1. The summed E-state index contributed by atoms with van der Waals surface area (Å²) in [5.74, 6) is -0.818. The Bertz CT molecular complexity index is 1140. The van der Waals surface area contributed by atoms with E-state index in [1.807, 2.05) is 13.0 Å².